The maximum absolute atomic E-state index is 13.5. The predicted molar refractivity (Wildman–Crippen MR) is 109 cm³/mol. The van der Waals surface area contributed by atoms with Crippen molar-refractivity contribution in [3.8, 4) is 0 Å². The molecule has 9 heteroatoms. The number of esters is 4. The molecule has 31 heavy (non-hydrogen) atoms. The fraction of sp³-hybridized carbons (Fsp3) is 0.773. The molecule has 3 atom stereocenters. The maximum Gasteiger partial charge on any atom is 0.320 e. The van der Waals surface area contributed by atoms with Crippen molar-refractivity contribution < 1.29 is 42.9 Å². The number of ketones is 1. The number of hydrogen-bond donors (Lipinski definition) is 0. The van der Waals surface area contributed by atoms with Crippen LogP contribution in [-0.4, -0.2) is 56.1 Å². The third-order valence-corrected chi connectivity index (χ3v) is 5.58. The minimum absolute atomic E-state index is 0.0344. The van der Waals surface area contributed by atoms with Crippen LogP contribution in [-0.2, 0) is 42.9 Å². The van der Waals surface area contributed by atoms with Gasteiger partial charge in [0, 0.05) is 12.3 Å². The van der Waals surface area contributed by atoms with E-state index in [2.05, 4.69) is 0 Å². The zero-order chi connectivity index (χ0) is 23.6. The van der Waals surface area contributed by atoms with E-state index in [1.165, 1.54) is 6.92 Å². The van der Waals surface area contributed by atoms with Gasteiger partial charge in [-0.2, -0.15) is 0 Å². The lowest BCUT2D eigenvalue weighted by molar-refractivity contribution is -0.171. The molecule has 176 valence electrons. The van der Waals surface area contributed by atoms with Gasteiger partial charge in [0.1, 0.15) is 5.41 Å². The second kappa shape index (κ2) is 12.4. The molecule has 0 radical (unpaired) electrons. The van der Waals surface area contributed by atoms with E-state index in [4.69, 9.17) is 18.9 Å². The Balaban J connectivity index is 3.31. The summed E-state index contributed by atoms with van der Waals surface area (Å²) in [5.41, 5.74) is -1.42. The first-order valence-corrected chi connectivity index (χ1v) is 10.9. The van der Waals surface area contributed by atoms with Gasteiger partial charge in [0.2, 0.25) is 0 Å². The number of rotatable bonds is 11. The third kappa shape index (κ3) is 6.51. The van der Waals surface area contributed by atoms with Crippen LogP contribution in [0.4, 0.5) is 0 Å². The van der Waals surface area contributed by atoms with Gasteiger partial charge in [0.25, 0.3) is 0 Å². The zero-order valence-electron chi connectivity index (χ0n) is 19.1. The highest BCUT2D eigenvalue weighted by Crippen LogP contribution is 2.45. The monoisotopic (exact) mass is 442 g/mol. The molecule has 0 aliphatic heterocycles. The summed E-state index contributed by atoms with van der Waals surface area (Å²) >= 11 is 0. The number of hydrogen-bond acceptors (Lipinski definition) is 9. The summed E-state index contributed by atoms with van der Waals surface area (Å²) in [6.45, 7) is 8.47. The van der Waals surface area contributed by atoms with Crippen molar-refractivity contribution in [1.82, 2.24) is 0 Å². The van der Waals surface area contributed by atoms with Gasteiger partial charge in [0.05, 0.1) is 26.4 Å². The SMILES string of the molecule is CCOC(=O)CCC1C(=O)C(C)(C(=O)OCC)CCC1C(C(=O)OCC)C(=O)OCC. The third-order valence-electron chi connectivity index (χ3n) is 5.58. The average molecular weight is 443 g/mol. The van der Waals surface area contributed by atoms with Crippen LogP contribution in [0.5, 0.6) is 0 Å². The second-order valence-electron chi connectivity index (χ2n) is 7.55. The first kappa shape index (κ1) is 26.6. The van der Waals surface area contributed by atoms with Crippen LogP contribution >= 0.6 is 0 Å². The molecule has 1 aliphatic carbocycles. The molecule has 0 bridgehead atoms. The Bertz CT molecular complexity index is 654. The Morgan fingerprint density at radius 3 is 1.90 bits per heavy atom. The normalized spacial score (nSPS) is 23.2. The zero-order valence-corrected chi connectivity index (χ0v) is 19.1. The Morgan fingerprint density at radius 2 is 1.42 bits per heavy atom. The lowest BCUT2D eigenvalue weighted by Gasteiger charge is -2.41. The molecule has 0 aromatic carbocycles. The molecule has 9 nitrogen and oxygen atoms in total. The number of carbonyl (C=O) groups is 5. The molecule has 0 aromatic rings. The number of ether oxygens (including phenoxy) is 4. The molecule has 0 heterocycles. The van der Waals surface area contributed by atoms with E-state index in [-0.39, 0.29) is 52.1 Å². The first-order chi connectivity index (χ1) is 14.7. The molecular formula is C22H34O9. The van der Waals surface area contributed by atoms with Gasteiger partial charge in [-0.15, -0.1) is 0 Å². The van der Waals surface area contributed by atoms with Crippen molar-refractivity contribution in [2.75, 3.05) is 26.4 Å². The lowest BCUT2D eigenvalue weighted by atomic mass is 9.61. The Hall–Kier alpha value is -2.45. The number of carbonyl (C=O) groups excluding carboxylic acids is 5. The molecule has 1 rings (SSSR count). The fourth-order valence-electron chi connectivity index (χ4n) is 4.04. The fourth-order valence-corrected chi connectivity index (χ4v) is 4.04. The van der Waals surface area contributed by atoms with Crippen molar-refractivity contribution in [2.45, 2.75) is 60.3 Å². The van der Waals surface area contributed by atoms with E-state index in [0.717, 1.165) is 0 Å². The standard InChI is InChI=1S/C22H34O9/c1-6-28-16(23)11-10-15-14(17(19(25)29-7-2)20(26)30-8-3)12-13-22(5,18(15)24)21(27)31-9-4/h14-15,17H,6-13H2,1-5H3. The van der Waals surface area contributed by atoms with E-state index in [1.807, 2.05) is 0 Å². The Morgan fingerprint density at radius 1 is 0.903 bits per heavy atom. The van der Waals surface area contributed by atoms with Gasteiger partial charge in [-0.1, -0.05) is 0 Å². The number of Topliss-reactive ketones (excluding diaryl/α,β-unsaturated/α-hetero) is 1. The summed E-state index contributed by atoms with van der Waals surface area (Å²) < 4.78 is 20.2. The minimum atomic E-state index is -1.42. The van der Waals surface area contributed by atoms with Gasteiger partial charge in [-0.05, 0) is 59.8 Å². The van der Waals surface area contributed by atoms with Crippen LogP contribution in [0.15, 0.2) is 0 Å². The Labute approximate surface area is 183 Å². The van der Waals surface area contributed by atoms with Crippen LogP contribution < -0.4 is 0 Å². The van der Waals surface area contributed by atoms with Crippen molar-refractivity contribution in [1.29, 1.82) is 0 Å². The van der Waals surface area contributed by atoms with E-state index in [0.29, 0.717) is 0 Å². The van der Waals surface area contributed by atoms with E-state index in [9.17, 15) is 24.0 Å². The van der Waals surface area contributed by atoms with E-state index in [1.54, 1.807) is 27.7 Å². The van der Waals surface area contributed by atoms with Gasteiger partial charge < -0.3 is 18.9 Å². The largest absolute Gasteiger partial charge is 0.466 e. The topological polar surface area (TPSA) is 122 Å². The molecule has 1 fully saturated rings. The van der Waals surface area contributed by atoms with Gasteiger partial charge in [-0.3, -0.25) is 24.0 Å². The molecule has 0 N–H and O–H groups in total. The smallest absolute Gasteiger partial charge is 0.320 e. The quantitative estimate of drug-likeness (QED) is 0.269. The van der Waals surface area contributed by atoms with Gasteiger partial charge in [-0.25, -0.2) is 0 Å². The summed E-state index contributed by atoms with van der Waals surface area (Å²) in [6, 6.07) is 0. The second-order valence-corrected chi connectivity index (χ2v) is 7.55. The van der Waals surface area contributed by atoms with Crippen molar-refractivity contribution in [2.24, 2.45) is 23.2 Å². The molecule has 0 spiro atoms. The summed E-state index contributed by atoms with van der Waals surface area (Å²) in [7, 11) is 0. The maximum atomic E-state index is 13.5. The molecule has 1 aliphatic rings. The van der Waals surface area contributed by atoms with Crippen LogP contribution in [0.3, 0.4) is 0 Å². The minimum Gasteiger partial charge on any atom is -0.466 e. The molecule has 1 saturated carbocycles. The average Bonchev–Trinajstić information content (AvgIpc) is 2.71. The molecule has 3 unspecified atom stereocenters. The van der Waals surface area contributed by atoms with Gasteiger partial charge >= 0.3 is 23.9 Å². The molecule has 0 saturated heterocycles. The van der Waals surface area contributed by atoms with Crippen LogP contribution in [0, 0.1) is 23.2 Å². The van der Waals surface area contributed by atoms with Crippen molar-refractivity contribution in [3.63, 3.8) is 0 Å². The van der Waals surface area contributed by atoms with Crippen molar-refractivity contribution in [3.05, 3.63) is 0 Å². The lowest BCUT2D eigenvalue weighted by Crippen LogP contribution is -2.51. The highest BCUT2D eigenvalue weighted by Gasteiger charge is 2.55. The van der Waals surface area contributed by atoms with E-state index >= 15 is 0 Å². The van der Waals surface area contributed by atoms with Crippen LogP contribution in [0.2, 0.25) is 0 Å². The summed E-state index contributed by atoms with van der Waals surface area (Å²) in [6.07, 6.45) is 0.280. The molecule has 0 aromatic heterocycles. The Kier molecular flexibility index (Phi) is 10.6. The highest BCUT2D eigenvalue weighted by molar-refractivity contribution is 6.06. The summed E-state index contributed by atoms with van der Waals surface area (Å²) in [5, 5.41) is 0. The van der Waals surface area contributed by atoms with E-state index < -0.39 is 52.8 Å². The molecule has 0 amide bonds. The predicted octanol–water partition coefficient (Wildman–Crippen LogP) is 2.24. The first-order valence-electron chi connectivity index (χ1n) is 10.9. The van der Waals surface area contributed by atoms with Crippen LogP contribution in [0.25, 0.3) is 0 Å². The summed E-state index contributed by atoms with van der Waals surface area (Å²) in [4.78, 5) is 63.2. The van der Waals surface area contributed by atoms with Crippen molar-refractivity contribution >= 4 is 29.7 Å². The molecular weight excluding hydrogens is 408 g/mol. The summed E-state index contributed by atoms with van der Waals surface area (Å²) in [5.74, 6) is -6.15. The van der Waals surface area contributed by atoms with Gasteiger partial charge in [0.15, 0.2) is 11.7 Å². The highest BCUT2D eigenvalue weighted by atomic mass is 16.6. The van der Waals surface area contributed by atoms with Crippen LogP contribution in [0.1, 0.15) is 60.3 Å².